The van der Waals surface area contributed by atoms with E-state index in [2.05, 4.69) is 0 Å². The number of rotatable bonds is 3. The van der Waals surface area contributed by atoms with E-state index in [1.807, 2.05) is 0 Å². The van der Waals surface area contributed by atoms with Crippen LogP contribution in [0.15, 0.2) is 24.3 Å². The van der Waals surface area contributed by atoms with E-state index in [9.17, 15) is 18.3 Å². The van der Waals surface area contributed by atoms with Gasteiger partial charge in [-0.05, 0) is 30.7 Å². The lowest BCUT2D eigenvalue weighted by atomic mass is 10.2. The fourth-order valence-electron chi connectivity index (χ4n) is 2.22. The van der Waals surface area contributed by atoms with E-state index in [0.29, 0.717) is 12.1 Å². The number of nitrogens with zero attached hydrogens (tertiary/aromatic N) is 1. The molecule has 7 heteroatoms. The highest BCUT2D eigenvalue weighted by Crippen LogP contribution is 2.26. The first-order chi connectivity index (χ1) is 8.93. The number of phenolic OH excluding ortho intramolecular Hbond substituents is 1. The van der Waals surface area contributed by atoms with Crippen LogP contribution in [-0.2, 0) is 14.6 Å². The Bertz CT molecular complexity index is 570. The Kier molecular flexibility index (Phi) is 4.01. The zero-order valence-electron chi connectivity index (χ0n) is 10.1. The van der Waals surface area contributed by atoms with Gasteiger partial charge in [0.15, 0.2) is 9.84 Å². The van der Waals surface area contributed by atoms with Gasteiger partial charge in [0, 0.05) is 5.69 Å². The third-order valence-electron chi connectivity index (χ3n) is 3.08. The van der Waals surface area contributed by atoms with Gasteiger partial charge in [-0.3, -0.25) is 4.79 Å². The summed E-state index contributed by atoms with van der Waals surface area (Å²) < 4.78 is 23.1. The van der Waals surface area contributed by atoms with E-state index in [-0.39, 0.29) is 35.1 Å². The highest BCUT2D eigenvalue weighted by Gasteiger charge is 2.35. The average molecular weight is 304 g/mol. The molecule has 1 aromatic rings. The molecule has 104 valence electrons. The van der Waals surface area contributed by atoms with Crippen LogP contribution in [-0.4, -0.2) is 42.9 Å². The summed E-state index contributed by atoms with van der Waals surface area (Å²) in [5.41, 5.74) is 0.547. The first-order valence-electron chi connectivity index (χ1n) is 5.80. The summed E-state index contributed by atoms with van der Waals surface area (Å²) in [5.74, 6) is -0.425. The number of hydrogen-bond donors (Lipinski definition) is 1. The summed E-state index contributed by atoms with van der Waals surface area (Å²) in [6.45, 7) is 0. The maximum absolute atomic E-state index is 11.9. The third kappa shape index (κ3) is 3.19. The minimum Gasteiger partial charge on any atom is -0.508 e. The number of phenols is 1. The van der Waals surface area contributed by atoms with Gasteiger partial charge in [0.25, 0.3) is 0 Å². The van der Waals surface area contributed by atoms with Crippen LogP contribution >= 0.6 is 11.6 Å². The van der Waals surface area contributed by atoms with Gasteiger partial charge in [-0.25, -0.2) is 8.42 Å². The molecule has 1 amide bonds. The summed E-state index contributed by atoms with van der Waals surface area (Å²) in [6.07, 6.45) is 0.409. The summed E-state index contributed by atoms with van der Waals surface area (Å²) in [6, 6.07) is 5.66. The van der Waals surface area contributed by atoms with Gasteiger partial charge in [0.2, 0.25) is 5.91 Å². The van der Waals surface area contributed by atoms with Crippen molar-refractivity contribution < 1.29 is 18.3 Å². The molecule has 19 heavy (non-hydrogen) atoms. The van der Waals surface area contributed by atoms with Crippen molar-refractivity contribution in [2.45, 2.75) is 12.5 Å². The molecule has 1 aliphatic rings. The first kappa shape index (κ1) is 14.1. The van der Waals surface area contributed by atoms with Gasteiger partial charge in [0.05, 0.1) is 17.5 Å². The Morgan fingerprint density at radius 2 is 2.00 bits per heavy atom. The van der Waals surface area contributed by atoms with E-state index < -0.39 is 9.84 Å². The summed E-state index contributed by atoms with van der Waals surface area (Å²) in [7, 11) is -3.08. The lowest BCUT2D eigenvalue weighted by Gasteiger charge is -2.27. The van der Waals surface area contributed by atoms with E-state index in [1.165, 1.54) is 17.0 Å². The molecule has 1 aliphatic heterocycles. The summed E-state index contributed by atoms with van der Waals surface area (Å²) in [5, 5.41) is 9.26. The van der Waals surface area contributed by atoms with Crippen LogP contribution in [0.3, 0.4) is 0 Å². The maximum atomic E-state index is 11.9. The van der Waals surface area contributed by atoms with E-state index in [1.54, 1.807) is 12.1 Å². The van der Waals surface area contributed by atoms with Crippen molar-refractivity contribution in [3.05, 3.63) is 24.3 Å². The van der Waals surface area contributed by atoms with Crippen molar-refractivity contribution in [1.29, 1.82) is 0 Å². The molecule has 0 saturated carbocycles. The first-order valence-corrected chi connectivity index (χ1v) is 8.16. The van der Waals surface area contributed by atoms with Crippen LogP contribution in [0.5, 0.6) is 5.75 Å². The normalized spacial score (nSPS) is 21.2. The van der Waals surface area contributed by atoms with Crippen LogP contribution < -0.4 is 4.90 Å². The molecule has 0 aliphatic carbocycles. The van der Waals surface area contributed by atoms with E-state index >= 15 is 0 Å². The molecule has 2 rings (SSSR count). The SMILES string of the molecule is O=C(CCl)N(c1ccc(O)cc1)[C@@H]1CCS(=O)(=O)C1. The van der Waals surface area contributed by atoms with Crippen LogP contribution in [0.1, 0.15) is 6.42 Å². The molecule has 0 unspecified atom stereocenters. The zero-order chi connectivity index (χ0) is 14.0. The molecule has 0 radical (unpaired) electrons. The Hall–Kier alpha value is -1.27. The zero-order valence-corrected chi connectivity index (χ0v) is 11.7. The molecule has 0 aromatic heterocycles. The summed E-state index contributed by atoms with van der Waals surface area (Å²) in [4.78, 5) is 13.3. The number of anilines is 1. The predicted octanol–water partition coefficient (Wildman–Crippen LogP) is 1.15. The van der Waals surface area contributed by atoms with E-state index in [0.717, 1.165) is 0 Å². The predicted molar refractivity (Wildman–Crippen MR) is 73.4 cm³/mol. The van der Waals surface area contributed by atoms with Gasteiger partial charge in [-0.15, -0.1) is 11.6 Å². The maximum Gasteiger partial charge on any atom is 0.242 e. The number of carbonyl (C=O) groups excluding carboxylic acids is 1. The third-order valence-corrected chi connectivity index (χ3v) is 5.06. The molecular formula is C12H14ClNO4S. The molecule has 0 spiro atoms. The molecule has 1 N–H and O–H groups in total. The van der Waals surface area contributed by atoms with Crippen LogP contribution in [0, 0.1) is 0 Å². The number of carbonyl (C=O) groups is 1. The summed E-state index contributed by atoms with van der Waals surface area (Å²) >= 11 is 5.59. The monoisotopic (exact) mass is 303 g/mol. The molecular weight excluding hydrogens is 290 g/mol. The number of aromatic hydroxyl groups is 1. The van der Waals surface area contributed by atoms with Gasteiger partial charge in [-0.1, -0.05) is 0 Å². The number of hydrogen-bond acceptors (Lipinski definition) is 4. The molecule has 5 nitrogen and oxygen atoms in total. The number of amides is 1. The van der Waals surface area contributed by atoms with Gasteiger partial charge in [-0.2, -0.15) is 0 Å². The number of alkyl halides is 1. The van der Waals surface area contributed by atoms with Crippen LogP contribution in [0.2, 0.25) is 0 Å². The molecule has 1 atom stereocenters. The minimum absolute atomic E-state index is 0.0451. The largest absolute Gasteiger partial charge is 0.508 e. The fourth-order valence-corrected chi connectivity index (χ4v) is 4.04. The second-order valence-electron chi connectivity index (χ2n) is 4.47. The van der Waals surface area contributed by atoms with Crippen molar-refractivity contribution in [3.63, 3.8) is 0 Å². The molecule has 1 saturated heterocycles. The highest BCUT2D eigenvalue weighted by molar-refractivity contribution is 7.91. The van der Waals surface area contributed by atoms with Crippen LogP contribution in [0.4, 0.5) is 5.69 Å². The molecule has 1 heterocycles. The molecule has 0 bridgehead atoms. The topological polar surface area (TPSA) is 74.7 Å². The van der Waals surface area contributed by atoms with Gasteiger partial charge < -0.3 is 10.0 Å². The van der Waals surface area contributed by atoms with Crippen molar-refractivity contribution >= 4 is 33.0 Å². The Morgan fingerprint density at radius 3 is 2.47 bits per heavy atom. The van der Waals surface area contributed by atoms with Crippen molar-refractivity contribution in [2.75, 3.05) is 22.3 Å². The lowest BCUT2D eigenvalue weighted by molar-refractivity contribution is -0.116. The molecule has 1 fully saturated rings. The quantitative estimate of drug-likeness (QED) is 0.850. The average Bonchev–Trinajstić information content (AvgIpc) is 2.72. The molecule has 1 aromatic carbocycles. The van der Waals surface area contributed by atoms with Gasteiger partial charge >= 0.3 is 0 Å². The Balaban J connectivity index is 2.32. The minimum atomic E-state index is -3.08. The smallest absolute Gasteiger partial charge is 0.242 e. The standard InChI is InChI=1S/C12H14ClNO4S/c13-7-12(16)14(9-1-3-11(15)4-2-9)10-5-6-19(17,18)8-10/h1-4,10,15H,5-8H2/t10-/m1/s1. The number of halogens is 1. The van der Waals surface area contributed by atoms with Crippen molar-refractivity contribution in [3.8, 4) is 5.75 Å². The Morgan fingerprint density at radius 1 is 1.37 bits per heavy atom. The van der Waals surface area contributed by atoms with Crippen LogP contribution in [0.25, 0.3) is 0 Å². The lowest BCUT2D eigenvalue weighted by Crippen LogP contribution is -2.42. The highest BCUT2D eigenvalue weighted by atomic mass is 35.5. The van der Waals surface area contributed by atoms with Gasteiger partial charge in [0.1, 0.15) is 11.6 Å². The number of sulfone groups is 1. The second-order valence-corrected chi connectivity index (χ2v) is 6.97. The van der Waals surface area contributed by atoms with Crippen molar-refractivity contribution in [1.82, 2.24) is 0 Å². The van der Waals surface area contributed by atoms with Crippen molar-refractivity contribution in [2.24, 2.45) is 0 Å². The Labute approximate surface area is 116 Å². The fraction of sp³-hybridized carbons (Fsp3) is 0.417. The number of benzene rings is 1. The van der Waals surface area contributed by atoms with E-state index in [4.69, 9.17) is 11.6 Å². The second kappa shape index (κ2) is 5.38.